The van der Waals surface area contributed by atoms with Crippen molar-refractivity contribution in [2.75, 3.05) is 44.3 Å². The smallest absolute Gasteiger partial charge is 0.186 e. The average Bonchev–Trinajstić information content (AvgIpc) is 3.19. The number of aryl methyl sites for hydroxylation is 1. The Kier molecular flexibility index (Phi) is 3.98. The fraction of sp³-hybridized carbons (Fsp3) is 0.562. The van der Waals surface area contributed by atoms with E-state index < -0.39 is 0 Å². The van der Waals surface area contributed by atoms with E-state index in [4.69, 9.17) is 21.3 Å². The zero-order valence-electron chi connectivity index (χ0n) is 12.7. The molecule has 4 nitrogen and oxygen atoms in total. The van der Waals surface area contributed by atoms with E-state index in [1.165, 1.54) is 11.1 Å². The topological polar surface area (TPSA) is 28.6 Å². The van der Waals surface area contributed by atoms with Gasteiger partial charge in [-0.2, -0.15) is 0 Å². The van der Waals surface area contributed by atoms with Gasteiger partial charge >= 0.3 is 0 Å². The van der Waals surface area contributed by atoms with Crippen LogP contribution in [0.4, 0.5) is 5.13 Å². The first-order chi connectivity index (χ1) is 10.7. The lowest BCUT2D eigenvalue weighted by molar-refractivity contribution is 0.0209. The summed E-state index contributed by atoms with van der Waals surface area (Å²) >= 11 is 7.99. The molecule has 22 heavy (non-hydrogen) atoms. The van der Waals surface area contributed by atoms with Gasteiger partial charge in [-0.3, -0.25) is 4.90 Å². The van der Waals surface area contributed by atoms with Crippen LogP contribution in [0.15, 0.2) is 12.1 Å². The number of hydrogen-bond donors (Lipinski definition) is 0. The van der Waals surface area contributed by atoms with Crippen LogP contribution in [0.5, 0.6) is 0 Å². The monoisotopic (exact) mass is 337 g/mol. The molecule has 1 unspecified atom stereocenters. The van der Waals surface area contributed by atoms with Crippen molar-refractivity contribution in [2.45, 2.75) is 19.4 Å². The van der Waals surface area contributed by atoms with E-state index in [2.05, 4.69) is 22.8 Å². The highest BCUT2D eigenvalue weighted by Crippen LogP contribution is 2.35. The van der Waals surface area contributed by atoms with Gasteiger partial charge in [-0.1, -0.05) is 22.9 Å². The van der Waals surface area contributed by atoms with Crippen molar-refractivity contribution < 1.29 is 4.74 Å². The molecule has 0 radical (unpaired) electrons. The molecule has 118 valence electrons. The number of anilines is 1. The highest BCUT2D eigenvalue weighted by atomic mass is 35.5. The van der Waals surface area contributed by atoms with E-state index in [9.17, 15) is 0 Å². The van der Waals surface area contributed by atoms with Gasteiger partial charge in [0, 0.05) is 37.2 Å². The molecule has 2 aliphatic heterocycles. The Balaban J connectivity index is 1.54. The van der Waals surface area contributed by atoms with Crippen molar-refractivity contribution >= 4 is 38.3 Å². The van der Waals surface area contributed by atoms with E-state index >= 15 is 0 Å². The van der Waals surface area contributed by atoms with Gasteiger partial charge in [0.15, 0.2) is 5.13 Å². The quantitative estimate of drug-likeness (QED) is 0.841. The third-order valence-corrected chi connectivity index (χ3v) is 6.22. The Morgan fingerprint density at radius 2 is 2.09 bits per heavy atom. The highest BCUT2D eigenvalue weighted by Gasteiger charge is 2.30. The lowest BCUT2D eigenvalue weighted by Crippen LogP contribution is -2.44. The van der Waals surface area contributed by atoms with E-state index in [0.717, 1.165) is 60.6 Å². The molecule has 2 saturated heterocycles. The molecule has 0 amide bonds. The second-order valence-electron chi connectivity index (χ2n) is 6.05. The van der Waals surface area contributed by atoms with Gasteiger partial charge in [-0.25, -0.2) is 4.98 Å². The van der Waals surface area contributed by atoms with Gasteiger partial charge in [-0.05, 0) is 31.0 Å². The number of hydrogen-bond acceptors (Lipinski definition) is 5. The highest BCUT2D eigenvalue weighted by molar-refractivity contribution is 7.22. The van der Waals surface area contributed by atoms with Crippen molar-refractivity contribution in [1.82, 2.24) is 9.88 Å². The van der Waals surface area contributed by atoms with E-state index in [0.29, 0.717) is 6.04 Å². The zero-order valence-corrected chi connectivity index (χ0v) is 14.3. The molecule has 0 saturated carbocycles. The molecule has 2 aliphatic rings. The van der Waals surface area contributed by atoms with Gasteiger partial charge in [0.1, 0.15) is 0 Å². The largest absolute Gasteiger partial charge is 0.379 e. The number of aromatic nitrogens is 1. The molecule has 1 aromatic heterocycles. The maximum atomic E-state index is 6.21. The molecule has 2 fully saturated rings. The van der Waals surface area contributed by atoms with Crippen LogP contribution in [0.25, 0.3) is 10.2 Å². The van der Waals surface area contributed by atoms with Gasteiger partial charge in [0.25, 0.3) is 0 Å². The minimum atomic E-state index is 0.639. The van der Waals surface area contributed by atoms with Crippen LogP contribution in [0.1, 0.15) is 12.0 Å². The number of nitrogens with zero attached hydrogens (tertiary/aromatic N) is 3. The maximum absolute atomic E-state index is 6.21. The van der Waals surface area contributed by atoms with Crippen LogP contribution < -0.4 is 4.90 Å². The van der Waals surface area contributed by atoms with E-state index in [-0.39, 0.29) is 0 Å². The first-order valence-corrected chi connectivity index (χ1v) is 9.04. The van der Waals surface area contributed by atoms with Crippen molar-refractivity contribution in [1.29, 1.82) is 0 Å². The molecule has 1 atom stereocenters. The first-order valence-electron chi connectivity index (χ1n) is 7.85. The summed E-state index contributed by atoms with van der Waals surface area (Å²) in [7, 11) is 0. The molecule has 3 heterocycles. The fourth-order valence-electron chi connectivity index (χ4n) is 3.38. The second-order valence-corrected chi connectivity index (χ2v) is 7.47. The van der Waals surface area contributed by atoms with Crippen molar-refractivity contribution in [3.8, 4) is 0 Å². The lowest BCUT2D eigenvalue weighted by Gasteiger charge is -2.32. The predicted octanol–water partition coefficient (Wildman–Crippen LogP) is 3.17. The Bertz CT molecular complexity index is 683. The summed E-state index contributed by atoms with van der Waals surface area (Å²) in [5.41, 5.74) is 2.15. The number of rotatable bonds is 2. The van der Waals surface area contributed by atoms with Crippen molar-refractivity contribution in [3.05, 3.63) is 22.7 Å². The molecule has 0 bridgehead atoms. The summed E-state index contributed by atoms with van der Waals surface area (Å²) in [6.45, 7) is 8.08. The number of morpholine rings is 1. The zero-order chi connectivity index (χ0) is 15.1. The molecule has 1 aromatic carbocycles. The predicted molar refractivity (Wildman–Crippen MR) is 92.4 cm³/mol. The summed E-state index contributed by atoms with van der Waals surface area (Å²) in [4.78, 5) is 9.85. The molecular weight excluding hydrogens is 318 g/mol. The third-order valence-electron chi connectivity index (χ3n) is 4.73. The number of thiazole rings is 1. The summed E-state index contributed by atoms with van der Waals surface area (Å²) in [6.07, 6.45) is 1.22. The fourth-order valence-corrected chi connectivity index (χ4v) is 4.59. The number of fused-ring (bicyclic) bond motifs is 1. The van der Waals surface area contributed by atoms with Crippen LogP contribution in [0.3, 0.4) is 0 Å². The van der Waals surface area contributed by atoms with E-state index in [1.807, 2.05) is 6.07 Å². The molecule has 6 heteroatoms. The van der Waals surface area contributed by atoms with E-state index in [1.54, 1.807) is 11.3 Å². The minimum Gasteiger partial charge on any atom is -0.379 e. The molecule has 0 aliphatic carbocycles. The number of ether oxygens (including phenoxy) is 1. The van der Waals surface area contributed by atoms with Crippen LogP contribution in [-0.4, -0.2) is 55.3 Å². The second kappa shape index (κ2) is 5.96. The first kappa shape index (κ1) is 14.7. The Morgan fingerprint density at radius 1 is 1.27 bits per heavy atom. The SMILES string of the molecule is Cc1c(Cl)ccc2sc(N3CCC(N4CCOCC4)C3)nc12. The average molecular weight is 338 g/mol. The van der Waals surface area contributed by atoms with Crippen LogP contribution >= 0.6 is 22.9 Å². The van der Waals surface area contributed by atoms with Gasteiger partial charge < -0.3 is 9.64 Å². The van der Waals surface area contributed by atoms with Gasteiger partial charge in [0.05, 0.1) is 23.4 Å². The molecule has 4 rings (SSSR count). The van der Waals surface area contributed by atoms with Crippen LogP contribution in [0.2, 0.25) is 5.02 Å². The standard InChI is InChI=1S/C16H20ClN3OS/c1-11-13(17)2-3-14-15(11)18-16(22-14)20-5-4-12(10-20)19-6-8-21-9-7-19/h2-3,12H,4-10H2,1H3. The molecule has 2 aromatic rings. The Morgan fingerprint density at radius 3 is 2.91 bits per heavy atom. The summed E-state index contributed by atoms with van der Waals surface area (Å²) in [5.74, 6) is 0. The lowest BCUT2D eigenvalue weighted by atomic mass is 10.2. The maximum Gasteiger partial charge on any atom is 0.186 e. The normalized spacial score (nSPS) is 23.5. The molecule has 0 spiro atoms. The van der Waals surface area contributed by atoms with Crippen molar-refractivity contribution in [3.63, 3.8) is 0 Å². The third kappa shape index (κ3) is 2.60. The van der Waals surface area contributed by atoms with Gasteiger partial charge in [0.2, 0.25) is 0 Å². The number of halogens is 1. The molecular formula is C16H20ClN3OS. The Hall–Kier alpha value is -0.880. The summed E-state index contributed by atoms with van der Waals surface area (Å²) < 4.78 is 6.69. The summed E-state index contributed by atoms with van der Waals surface area (Å²) in [6, 6.07) is 4.70. The minimum absolute atomic E-state index is 0.639. The summed E-state index contributed by atoms with van der Waals surface area (Å²) in [5, 5.41) is 1.94. The molecule has 0 N–H and O–H groups in total. The van der Waals surface area contributed by atoms with Crippen LogP contribution in [0, 0.1) is 6.92 Å². The van der Waals surface area contributed by atoms with Crippen LogP contribution in [-0.2, 0) is 4.74 Å². The Labute approximate surface area is 139 Å². The number of benzene rings is 1. The van der Waals surface area contributed by atoms with Gasteiger partial charge in [-0.15, -0.1) is 0 Å². The van der Waals surface area contributed by atoms with Crippen molar-refractivity contribution in [2.24, 2.45) is 0 Å².